The molecule has 0 N–H and O–H groups in total. The molecule has 0 aromatic carbocycles. The number of piperazine rings is 1. The monoisotopic (exact) mass is 410 g/mol. The molecule has 3 nitrogen and oxygen atoms in total. The molecule has 0 aliphatic carbocycles. The molecular formula is C16H35LaN2O. The number of unbranched alkanes of at least 4 members (excludes halogenated alkanes) is 1. The summed E-state index contributed by atoms with van der Waals surface area (Å²) >= 11 is 0. The Labute approximate surface area is 156 Å². The van der Waals surface area contributed by atoms with Crippen LogP contribution in [0.4, 0.5) is 0 Å². The first kappa shape index (κ1) is 28.9. The summed E-state index contributed by atoms with van der Waals surface area (Å²) in [7, 11) is 0. The summed E-state index contributed by atoms with van der Waals surface area (Å²) in [5.41, 5.74) is 0. The van der Waals surface area contributed by atoms with Gasteiger partial charge in [0, 0.05) is 26.2 Å². The molecule has 1 heterocycles. The first-order chi connectivity index (χ1) is 8.13. The minimum absolute atomic E-state index is 0. The number of ketones is 1. The molecule has 4 heteroatoms. The van der Waals surface area contributed by atoms with Crippen LogP contribution >= 0.6 is 0 Å². The summed E-state index contributed by atoms with van der Waals surface area (Å²) in [5.74, 6) is 0.284. The van der Waals surface area contributed by atoms with Crippen LogP contribution in [0.3, 0.4) is 0 Å². The maximum atomic E-state index is 10.9. The predicted octanol–water partition coefficient (Wildman–Crippen LogP) is 3.12. The third-order valence-electron chi connectivity index (χ3n) is 2.74. The molecule has 0 bridgehead atoms. The molecule has 0 saturated carbocycles. The first-order valence-corrected chi connectivity index (χ1v) is 6.87. The van der Waals surface area contributed by atoms with Crippen molar-refractivity contribution in [1.29, 1.82) is 0 Å². The van der Waals surface area contributed by atoms with Crippen LogP contribution in [-0.2, 0) is 4.79 Å². The van der Waals surface area contributed by atoms with Gasteiger partial charge < -0.3 is 26.7 Å². The second-order valence-corrected chi connectivity index (χ2v) is 4.67. The summed E-state index contributed by atoms with van der Waals surface area (Å²) in [6.07, 6.45) is 3.57. The van der Waals surface area contributed by atoms with Crippen LogP contribution in [0, 0.1) is 57.4 Å². The van der Waals surface area contributed by atoms with Gasteiger partial charge in [0.25, 0.3) is 0 Å². The summed E-state index contributed by atoms with van der Waals surface area (Å²) in [6.45, 7) is 15.6. The van der Waals surface area contributed by atoms with E-state index in [9.17, 15) is 4.79 Å². The average Bonchev–Trinajstić information content (AvgIpc) is 2.28. The molecule has 1 aliphatic rings. The second kappa shape index (κ2) is 19.8. The van der Waals surface area contributed by atoms with Crippen LogP contribution in [0.25, 0.3) is 0 Å². The van der Waals surface area contributed by atoms with Crippen molar-refractivity contribution >= 4 is 5.78 Å². The number of hydrogen-bond donors (Lipinski definition) is 0. The van der Waals surface area contributed by atoms with Crippen LogP contribution in [0.2, 0.25) is 0 Å². The van der Waals surface area contributed by atoms with Crippen LogP contribution in [-0.4, -0.2) is 54.9 Å². The van der Waals surface area contributed by atoms with Gasteiger partial charge in [-0.2, -0.15) is 6.42 Å². The van der Waals surface area contributed by atoms with Gasteiger partial charge in [0.15, 0.2) is 0 Å². The molecule has 0 atom stereocenters. The van der Waals surface area contributed by atoms with Crippen LogP contribution in [0.5, 0.6) is 0 Å². The Morgan fingerprint density at radius 1 is 1.05 bits per heavy atom. The van der Waals surface area contributed by atoms with Gasteiger partial charge in [0.2, 0.25) is 0 Å². The average molecular weight is 410 g/mol. The Balaban J connectivity index is -0.000000196. The Morgan fingerprint density at radius 3 is 1.80 bits per heavy atom. The van der Waals surface area contributed by atoms with Gasteiger partial charge in [0.1, 0.15) is 5.78 Å². The van der Waals surface area contributed by atoms with E-state index in [2.05, 4.69) is 23.6 Å². The van der Waals surface area contributed by atoms with Crippen molar-refractivity contribution in [2.24, 2.45) is 0 Å². The molecule has 0 unspecified atom stereocenters. The molecule has 0 spiro atoms. The Hall–Kier alpha value is 0.785. The fourth-order valence-corrected chi connectivity index (χ4v) is 1.87. The summed E-state index contributed by atoms with van der Waals surface area (Å²) in [6, 6.07) is 0. The van der Waals surface area contributed by atoms with Crippen molar-refractivity contribution < 1.29 is 40.4 Å². The molecule has 118 valence electrons. The third kappa shape index (κ3) is 16.8. The smallest absolute Gasteiger partial charge is 0.358 e. The van der Waals surface area contributed by atoms with Crippen molar-refractivity contribution in [1.82, 2.24) is 9.80 Å². The third-order valence-corrected chi connectivity index (χ3v) is 2.74. The van der Waals surface area contributed by atoms with E-state index in [0.717, 1.165) is 32.6 Å². The van der Waals surface area contributed by atoms with E-state index in [1.807, 2.05) is 6.92 Å². The Kier molecular flexibility index (Phi) is 28.6. The molecule has 1 saturated heterocycles. The number of Topliss-reactive ketones (excluding diaryl/α,β-unsaturated/α-hetero) is 1. The summed E-state index contributed by atoms with van der Waals surface area (Å²) in [5, 5.41) is 0. The van der Waals surface area contributed by atoms with E-state index >= 15 is 0 Å². The minimum atomic E-state index is 0. The fourth-order valence-electron chi connectivity index (χ4n) is 1.87. The summed E-state index contributed by atoms with van der Waals surface area (Å²) < 4.78 is 0. The van der Waals surface area contributed by atoms with Gasteiger partial charge in [-0.15, -0.1) is 0 Å². The van der Waals surface area contributed by atoms with Gasteiger partial charge in [0.05, 0.1) is 6.54 Å². The molecule has 20 heavy (non-hydrogen) atoms. The molecule has 0 radical (unpaired) electrons. The number of hydrogen-bond acceptors (Lipinski definition) is 3. The molecule has 1 fully saturated rings. The first-order valence-electron chi connectivity index (χ1n) is 6.87. The van der Waals surface area contributed by atoms with E-state index in [4.69, 9.17) is 0 Å². The van der Waals surface area contributed by atoms with Gasteiger partial charge in [-0.25, -0.2) is 0 Å². The topological polar surface area (TPSA) is 23.6 Å². The standard InChI is InChI=1S/C11H22N2O.C3H7.2CH3.La/c1-3-4-5-12-6-8-13(9-7-12)10-11(2)14;1-3-2;;;/h3-10H2,1-2H3;1,3H2,2H3;2*1H3;/q;3*-1;+3. The zero-order chi connectivity index (χ0) is 13.1. The van der Waals surface area contributed by atoms with Gasteiger partial charge >= 0.3 is 35.6 Å². The molecular weight excluding hydrogens is 375 g/mol. The van der Waals surface area contributed by atoms with E-state index in [0.29, 0.717) is 6.54 Å². The quantitative estimate of drug-likeness (QED) is 0.651. The van der Waals surface area contributed by atoms with Crippen molar-refractivity contribution in [3.63, 3.8) is 0 Å². The van der Waals surface area contributed by atoms with Crippen LogP contribution in [0.15, 0.2) is 0 Å². The van der Waals surface area contributed by atoms with E-state index in [1.165, 1.54) is 19.4 Å². The van der Waals surface area contributed by atoms with E-state index in [1.54, 1.807) is 6.92 Å². The minimum Gasteiger partial charge on any atom is -0.358 e. The molecule has 0 amide bonds. The molecule has 0 aromatic heterocycles. The SMILES string of the molecule is CCCCN1CCN(CC(C)=O)CC1.[CH2-]CC.[CH3-].[CH3-].[La+3]. The Morgan fingerprint density at radius 2 is 1.45 bits per heavy atom. The normalized spacial score (nSPS) is 14.8. The number of rotatable bonds is 5. The molecule has 0 aromatic rings. The number of carbonyl (C=O) groups is 1. The van der Waals surface area contributed by atoms with Gasteiger partial charge in [-0.1, -0.05) is 20.3 Å². The second-order valence-electron chi connectivity index (χ2n) is 4.67. The zero-order valence-electron chi connectivity index (χ0n) is 14.5. The van der Waals surface area contributed by atoms with E-state index < -0.39 is 0 Å². The van der Waals surface area contributed by atoms with Crippen molar-refractivity contribution in [3.05, 3.63) is 21.8 Å². The summed E-state index contributed by atoms with van der Waals surface area (Å²) in [4.78, 5) is 15.7. The maximum absolute atomic E-state index is 10.9. The maximum Gasteiger partial charge on any atom is 3.00 e. The van der Waals surface area contributed by atoms with Gasteiger partial charge in [-0.05, 0) is 19.9 Å². The Bertz CT molecular complexity index is 193. The zero-order valence-corrected chi connectivity index (χ0v) is 18.1. The number of carbonyl (C=O) groups excluding carboxylic acids is 1. The van der Waals surface area contributed by atoms with Gasteiger partial charge in [-0.3, -0.25) is 9.69 Å². The van der Waals surface area contributed by atoms with Crippen molar-refractivity contribution in [3.8, 4) is 0 Å². The predicted molar refractivity (Wildman–Crippen MR) is 86.9 cm³/mol. The van der Waals surface area contributed by atoms with Crippen LogP contribution in [0.1, 0.15) is 40.0 Å². The number of nitrogens with zero attached hydrogens (tertiary/aromatic N) is 2. The van der Waals surface area contributed by atoms with E-state index in [-0.39, 0.29) is 56.2 Å². The largest absolute Gasteiger partial charge is 3.00 e. The van der Waals surface area contributed by atoms with Crippen LogP contribution < -0.4 is 0 Å². The molecule has 1 rings (SSSR count). The fraction of sp³-hybridized carbons (Fsp3) is 0.750. The van der Waals surface area contributed by atoms with Crippen molar-refractivity contribution in [2.75, 3.05) is 39.3 Å². The molecule has 1 aliphatic heterocycles. The van der Waals surface area contributed by atoms with Crippen molar-refractivity contribution in [2.45, 2.75) is 40.0 Å².